The maximum absolute atomic E-state index is 13.8. The van der Waals surface area contributed by atoms with E-state index in [4.69, 9.17) is 0 Å². The lowest BCUT2D eigenvalue weighted by molar-refractivity contribution is -0.00378. The fraction of sp³-hybridized carbons (Fsp3) is 0.500. The summed E-state index contributed by atoms with van der Waals surface area (Å²) in [6.07, 6.45) is 3.41. The molecule has 4 saturated heterocycles. The first-order valence-electron chi connectivity index (χ1n) is 8.98. The molecule has 0 radical (unpaired) electrons. The van der Waals surface area contributed by atoms with Gasteiger partial charge in [0.2, 0.25) is 5.82 Å². The van der Waals surface area contributed by atoms with Gasteiger partial charge in [-0.3, -0.25) is 14.8 Å². The Morgan fingerprint density at radius 2 is 1.85 bits per heavy atom. The monoisotopic (exact) mass is 359 g/mol. The molecule has 6 rings (SSSR count). The van der Waals surface area contributed by atoms with E-state index in [9.17, 15) is 13.6 Å². The van der Waals surface area contributed by atoms with Crippen LogP contribution in [0.25, 0.3) is 0 Å². The fourth-order valence-corrected chi connectivity index (χ4v) is 5.18. The molecule has 0 saturated carbocycles. The zero-order valence-corrected chi connectivity index (χ0v) is 14.1. The number of benzene rings is 1. The highest BCUT2D eigenvalue weighted by atomic mass is 19.1. The van der Waals surface area contributed by atoms with Crippen molar-refractivity contribution in [3.8, 4) is 0 Å². The molecule has 3 atom stereocenters. The average Bonchev–Trinajstić information content (AvgIpc) is 3.30. The first-order valence-corrected chi connectivity index (χ1v) is 8.98. The van der Waals surface area contributed by atoms with Crippen LogP contribution in [0, 0.1) is 17.6 Å². The van der Waals surface area contributed by atoms with Crippen LogP contribution in [0.5, 0.6) is 0 Å². The summed E-state index contributed by atoms with van der Waals surface area (Å²) in [5, 5.41) is 6.41. The molecule has 0 spiro atoms. The van der Waals surface area contributed by atoms with E-state index >= 15 is 0 Å². The molecule has 5 heterocycles. The number of hydrogen-bond acceptors (Lipinski definition) is 4. The fourth-order valence-electron chi connectivity index (χ4n) is 5.18. The normalized spacial score (nSPS) is 32.7. The molecule has 4 aliphatic heterocycles. The molecule has 136 valence electrons. The molecule has 1 aromatic heterocycles. The first-order chi connectivity index (χ1) is 12.6. The van der Waals surface area contributed by atoms with Crippen molar-refractivity contribution in [3.05, 3.63) is 47.5 Å². The molecule has 1 N–H and O–H groups in total. The molecule has 1 aromatic carbocycles. The lowest BCUT2D eigenvalue weighted by atomic mass is 9.75. The van der Waals surface area contributed by atoms with Crippen molar-refractivity contribution in [1.82, 2.24) is 25.0 Å². The molecule has 0 aliphatic carbocycles. The summed E-state index contributed by atoms with van der Waals surface area (Å²) in [5.41, 5.74) is 0.623. The number of carbonyl (C=O) groups excluding carboxylic acids is 1. The topological polar surface area (TPSA) is 65.1 Å². The van der Waals surface area contributed by atoms with Crippen LogP contribution in [0.4, 0.5) is 8.78 Å². The Morgan fingerprint density at radius 3 is 2.50 bits per heavy atom. The van der Waals surface area contributed by atoms with Crippen molar-refractivity contribution in [2.75, 3.05) is 19.6 Å². The standard InChI is InChI=1S/C18H19F2N5O/c19-12-5-11(6-13(20)7-12)14-8-25(18(26)17-21-9-22-23-17)15-10-1-3-24(4-2-10)16(14)15/h5-7,9-10,14-16H,1-4,8H2,(H,21,22,23). The van der Waals surface area contributed by atoms with E-state index in [0.717, 1.165) is 32.0 Å². The Hall–Kier alpha value is -2.35. The summed E-state index contributed by atoms with van der Waals surface area (Å²) in [4.78, 5) is 21.2. The molecule has 26 heavy (non-hydrogen) atoms. The number of H-pyrrole nitrogens is 1. The molecular weight excluding hydrogens is 340 g/mol. The van der Waals surface area contributed by atoms with Crippen molar-refractivity contribution >= 4 is 5.91 Å². The van der Waals surface area contributed by atoms with Gasteiger partial charge in [-0.25, -0.2) is 13.8 Å². The molecular formula is C18H19F2N5O. The lowest BCUT2D eigenvalue weighted by Crippen LogP contribution is -2.60. The number of piperidine rings is 3. The van der Waals surface area contributed by atoms with Crippen LogP contribution in [-0.4, -0.2) is 62.6 Å². The van der Waals surface area contributed by atoms with Crippen LogP contribution in [0.3, 0.4) is 0 Å². The molecule has 4 fully saturated rings. The van der Waals surface area contributed by atoms with Gasteiger partial charge in [-0.15, -0.1) is 0 Å². The Kier molecular flexibility index (Phi) is 3.56. The summed E-state index contributed by atoms with van der Waals surface area (Å²) in [6, 6.07) is 3.83. The number of aromatic amines is 1. The van der Waals surface area contributed by atoms with Crippen molar-refractivity contribution < 1.29 is 13.6 Å². The Labute approximate surface area is 149 Å². The molecule has 2 aromatic rings. The number of amides is 1. The number of aromatic nitrogens is 3. The van der Waals surface area contributed by atoms with Crippen molar-refractivity contribution in [1.29, 1.82) is 0 Å². The van der Waals surface area contributed by atoms with E-state index < -0.39 is 11.6 Å². The van der Waals surface area contributed by atoms with Gasteiger partial charge in [0, 0.05) is 24.6 Å². The molecule has 3 unspecified atom stereocenters. The van der Waals surface area contributed by atoms with Crippen LogP contribution in [-0.2, 0) is 0 Å². The van der Waals surface area contributed by atoms with Gasteiger partial charge >= 0.3 is 0 Å². The number of likely N-dealkylation sites (tertiary alicyclic amines) is 1. The van der Waals surface area contributed by atoms with Gasteiger partial charge in [0.1, 0.15) is 18.0 Å². The molecule has 8 heteroatoms. The second-order valence-electron chi connectivity index (χ2n) is 7.46. The molecule has 6 nitrogen and oxygen atoms in total. The van der Waals surface area contributed by atoms with E-state index in [1.807, 2.05) is 4.90 Å². The summed E-state index contributed by atoms with van der Waals surface area (Å²) < 4.78 is 27.6. The SMILES string of the molecule is O=C(c1ncn[nH]1)N1CC(c2cc(F)cc(F)c2)C2C1C1CCN2CC1. The second-order valence-corrected chi connectivity index (χ2v) is 7.46. The van der Waals surface area contributed by atoms with Crippen LogP contribution in [0.15, 0.2) is 24.5 Å². The Morgan fingerprint density at radius 1 is 1.12 bits per heavy atom. The highest BCUT2D eigenvalue weighted by Crippen LogP contribution is 2.47. The van der Waals surface area contributed by atoms with E-state index in [0.29, 0.717) is 18.0 Å². The number of hydrogen-bond donors (Lipinski definition) is 1. The maximum atomic E-state index is 13.8. The number of fused-ring (bicyclic) bond motifs is 2. The van der Waals surface area contributed by atoms with E-state index in [1.54, 1.807) is 0 Å². The van der Waals surface area contributed by atoms with Crippen LogP contribution in [0.2, 0.25) is 0 Å². The van der Waals surface area contributed by atoms with Crippen LogP contribution >= 0.6 is 0 Å². The highest BCUT2D eigenvalue weighted by molar-refractivity contribution is 5.91. The summed E-state index contributed by atoms with van der Waals surface area (Å²) in [7, 11) is 0. The zero-order chi connectivity index (χ0) is 17.8. The highest BCUT2D eigenvalue weighted by Gasteiger charge is 2.55. The van der Waals surface area contributed by atoms with Crippen molar-refractivity contribution in [2.24, 2.45) is 5.92 Å². The Balaban J connectivity index is 1.55. The molecule has 2 bridgehead atoms. The molecule has 4 aliphatic rings. The predicted molar refractivity (Wildman–Crippen MR) is 88.4 cm³/mol. The number of halogens is 2. The van der Waals surface area contributed by atoms with Gasteiger partial charge in [-0.05, 0) is 49.5 Å². The van der Waals surface area contributed by atoms with Gasteiger partial charge in [0.05, 0.1) is 6.04 Å². The number of nitrogens with zero attached hydrogens (tertiary/aromatic N) is 4. The third-order valence-corrected chi connectivity index (χ3v) is 6.19. The van der Waals surface area contributed by atoms with Gasteiger partial charge in [-0.2, -0.15) is 5.10 Å². The van der Waals surface area contributed by atoms with Gasteiger partial charge < -0.3 is 4.90 Å². The minimum atomic E-state index is -0.576. The zero-order valence-electron chi connectivity index (χ0n) is 14.1. The largest absolute Gasteiger partial charge is 0.330 e. The third-order valence-electron chi connectivity index (χ3n) is 6.19. The van der Waals surface area contributed by atoms with Crippen LogP contribution in [0.1, 0.15) is 34.9 Å². The van der Waals surface area contributed by atoms with Gasteiger partial charge in [0.25, 0.3) is 5.91 Å². The van der Waals surface area contributed by atoms with Crippen LogP contribution < -0.4 is 0 Å². The quantitative estimate of drug-likeness (QED) is 0.888. The lowest BCUT2D eigenvalue weighted by Gasteiger charge is -2.51. The smallest absolute Gasteiger partial charge is 0.291 e. The van der Waals surface area contributed by atoms with Gasteiger partial charge in [-0.1, -0.05) is 0 Å². The van der Waals surface area contributed by atoms with E-state index in [-0.39, 0.29) is 29.7 Å². The second kappa shape index (κ2) is 5.84. The Bertz CT molecular complexity index is 814. The summed E-state index contributed by atoms with van der Waals surface area (Å²) in [6.45, 7) is 2.39. The first kappa shape index (κ1) is 15.9. The third kappa shape index (κ3) is 2.35. The van der Waals surface area contributed by atoms with Crippen molar-refractivity contribution in [3.63, 3.8) is 0 Å². The minimum absolute atomic E-state index is 0.0476. The van der Waals surface area contributed by atoms with E-state index in [2.05, 4.69) is 20.1 Å². The van der Waals surface area contributed by atoms with Gasteiger partial charge in [0.15, 0.2) is 0 Å². The number of carbonyl (C=O) groups is 1. The average molecular weight is 359 g/mol. The number of rotatable bonds is 2. The maximum Gasteiger partial charge on any atom is 0.291 e. The minimum Gasteiger partial charge on any atom is -0.330 e. The summed E-state index contributed by atoms with van der Waals surface area (Å²) in [5.74, 6) is -0.822. The summed E-state index contributed by atoms with van der Waals surface area (Å²) >= 11 is 0. The molecule has 1 amide bonds. The van der Waals surface area contributed by atoms with E-state index in [1.165, 1.54) is 18.5 Å². The predicted octanol–water partition coefficient (Wildman–Crippen LogP) is 1.79. The van der Waals surface area contributed by atoms with Crippen molar-refractivity contribution in [2.45, 2.75) is 30.8 Å². The number of nitrogens with one attached hydrogen (secondary N) is 1.